The van der Waals surface area contributed by atoms with E-state index in [9.17, 15) is 15.2 Å². The van der Waals surface area contributed by atoms with E-state index < -0.39 is 6.09 Å². The number of anilines is 1. The molecule has 5 heterocycles. The van der Waals surface area contributed by atoms with Gasteiger partial charge in [0.1, 0.15) is 6.07 Å². The van der Waals surface area contributed by atoms with Gasteiger partial charge in [0.05, 0.1) is 41.3 Å². The van der Waals surface area contributed by atoms with Crippen molar-refractivity contribution in [1.29, 1.82) is 5.26 Å². The van der Waals surface area contributed by atoms with Gasteiger partial charge in [0.25, 0.3) is 0 Å². The number of fused-ring (bicyclic) bond motifs is 3. The lowest BCUT2D eigenvalue weighted by Gasteiger charge is -2.26. The van der Waals surface area contributed by atoms with Crippen molar-refractivity contribution in [3.05, 3.63) is 82.1 Å². The second-order valence-electron chi connectivity index (χ2n) is 9.07. The molecule has 35 heavy (non-hydrogen) atoms. The zero-order chi connectivity index (χ0) is 24.1. The van der Waals surface area contributed by atoms with Crippen molar-refractivity contribution >= 4 is 22.7 Å². The lowest BCUT2D eigenvalue weighted by molar-refractivity contribution is 0.140. The molecule has 0 saturated heterocycles. The topological polar surface area (TPSA) is 111 Å². The van der Waals surface area contributed by atoms with Crippen LogP contribution in [-0.2, 0) is 32.6 Å². The molecule has 0 aliphatic carbocycles. The fourth-order valence-electron chi connectivity index (χ4n) is 5.19. The molecule has 9 nitrogen and oxygen atoms in total. The minimum atomic E-state index is -0.889. The summed E-state index contributed by atoms with van der Waals surface area (Å²) in [6.45, 7) is 4.89. The Morgan fingerprint density at radius 3 is 2.89 bits per heavy atom. The number of hydrogen-bond acceptors (Lipinski definition) is 6. The van der Waals surface area contributed by atoms with E-state index in [-0.39, 0.29) is 0 Å². The maximum absolute atomic E-state index is 11.4. The Bertz CT molecular complexity index is 1530. The molecule has 0 spiro atoms. The first kappa shape index (κ1) is 21.1. The predicted octanol–water partition coefficient (Wildman–Crippen LogP) is 3.61. The largest absolute Gasteiger partial charge is 0.465 e. The minimum Gasteiger partial charge on any atom is -0.465 e. The highest BCUT2D eigenvalue weighted by Crippen LogP contribution is 2.35. The maximum atomic E-state index is 11.4. The Balaban J connectivity index is 1.29. The summed E-state index contributed by atoms with van der Waals surface area (Å²) < 4.78 is 2.02. The summed E-state index contributed by atoms with van der Waals surface area (Å²) in [5.41, 5.74) is 8.69. The molecule has 0 atom stereocenters. The number of carbonyl (C=O) groups is 1. The predicted molar refractivity (Wildman–Crippen MR) is 129 cm³/mol. The second-order valence-corrected chi connectivity index (χ2v) is 9.07. The summed E-state index contributed by atoms with van der Waals surface area (Å²) in [6.07, 6.45) is 3.39. The third-order valence-corrected chi connectivity index (χ3v) is 7.00. The molecule has 6 rings (SSSR count). The first-order chi connectivity index (χ1) is 17.0. The number of aryl methyl sites for hydroxylation is 1. The number of pyridine rings is 2. The van der Waals surface area contributed by atoms with Crippen molar-refractivity contribution < 1.29 is 9.90 Å². The van der Waals surface area contributed by atoms with Crippen LogP contribution in [0.2, 0.25) is 0 Å². The van der Waals surface area contributed by atoms with Crippen molar-refractivity contribution in [2.24, 2.45) is 0 Å². The van der Waals surface area contributed by atoms with Gasteiger partial charge in [-0.3, -0.25) is 14.6 Å². The monoisotopic (exact) mass is 465 g/mol. The molecule has 0 fully saturated rings. The average Bonchev–Trinajstić information content (AvgIpc) is 3.43. The van der Waals surface area contributed by atoms with Crippen LogP contribution in [0.3, 0.4) is 0 Å². The molecule has 0 saturated carbocycles. The van der Waals surface area contributed by atoms with Gasteiger partial charge < -0.3 is 14.9 Å². The Morgan fingerprint density at radius 2 is 2.06 bits per heavy atom. The Kier molecular flexibility index (Phi) is 4.88. The second kappa shape index (κ2) is 8.09. The highest BCUT2D eigenvalue weighted by atomic mass is 16.4. The fourth-order valence-corrected chi connectivity index (χ4v) is 5.19. The lowest BCUT2D eigenvalue weighted by atomic mass is 10.0. The number of carboxylic acid groups (broad SMARTS) is 1. The Morgan fingerprint density at radius 1 is 1.17 bits per heavy atom. The molecule has 4 aromatic rings. The Labute approximate surface area is 201 Å². The van der Waals surface area contributed by atoms with Crippen LogP contribution in [0.4, 0.5) is 10.5 Å². The van der Waals surface area contributed by atoms with E-state index in [1.165, 1.54) is 10.5 Å². The summed E-state index contributed by atoms with van der Waals surface area (Å²) in [4.78, 5) is 24.2. The maximum Gasteiger partial charge on any atom is 0.407 e. The van der Waals surface area contributed by atoms with Gasteiger partial charge in [0, 0.05) is 48.7 Å². The van der Waals surface area contributed by atoms with Crippen LogP contribution in [0, 0.1) is 18.3 Å². The number of rotatable bonds is 3. The van der Waals surface area contributed by atoms with E-state index in [1.54, 1.807) is 6.20 Å². The number of nitriles is 1. The zero-order valence-electron chi connectivity index (χ0n) is 19.3. The number of hydrogen-bond donors (Lipinski definition) is 1. The molecule has 3 aromatic heterocycles. The lowest BCUT2D eigenvalue weighted by Crippen LogP contribution is -2.34. The van der Waals surface area contributed by atoms with Gasteiger partial charge in [-0.15, -0.1) is 0 Å². The third kappa shape index (κ3) is 3.54. The van der Waals surface area contributed by atoms with Crippen molar-refractivity contribution in [2.75, 3.05) is 11.4 Å². The van der Waals surface area contributed by atoms with Gasteiger partial charge in [-0.2, -0.15) is 10.4 Å². The van der Waals surface area contributed by atoms with E-state index >= 15 is 0 Å². The zero-order valence-corrected chi connectivity index (χ0v) is 19.3. The molecule has 2 aliphatic rings. The van der Waals surface area contributed by atoms with Gasteiger partial charge in [0.2, 0.25) is 0 Å². The first-order valence-corrected chi connectivity index (χ1v) is 11.5. The van der Waals surface area contributed by atoms with Crippen molar-refractivity contribution in [2.45, 2.75) is 39.5 Å². The molecule has 1 amide bonds. The van der Waals surface area contributed by atoms with Crippen LogP contribution >= 0.6 is 0 Å². The summed E-state index contributed by atoms with van der Waals surface area (Å²) in [5, 5.41) is 24.6. The summed E-state index contributed by atoms with van der Waals surface area (Å²) in [6, 6.07) is 12.0. The standard InChI is InChI=1S/C26H23N7O2/c1-16-22-14-32(23-5-4-17(10-27)25-21(23)3-2-7-28-25)15-24(22)33(30-16)13-20-9-19-12-31(26(34)35)8-6-18(19)11-29-20/h2-5,7,9,11H,6,8,12-15H2,1H3,(H,34,35). The molecule has 1 N–H and O–H groups in total. The molecule has 9 heteroatoms. The molecule has 0 unspecified atom stereocenters. The third-order valence-electron chi connectivity index (χ3n) is 7.00. The van der Waals surface area contributed by atoms with E-state index in [2.05, 4.69) is 20.9 Å². The molecule has 0 bridgehead atoms. The smallest absolute Gasteiger partial charge is 0.407 e. The van der Waals surface area contributed by atoms with Crippen LogP contribution in [-0.4, -0.2) is 42.4 Å². The molecule has 2 aliphatic heterocycles. The molecular formula is C26H23N7O2. The number of amides is 1. The average molecular weight is 466 g/mol. The van der Waals surface area contributed by atoms with E-state index in [0.29, 0.717) is 38.2 Å². The van der Waals surface area contributed by atoms with Crippen LogP contribution in [0.15, 0.2) is 42.7 Å². The van der Waals surface area contributed by atoms with Gasteiger partial charge in [-0.1, -0.05) is 0 Å². The van der Waals surface area contributed by atoms with Gasteiger partial charge in [-0.05, 0) is 54.8 Å². The summed E-state index contributed by atoms with van der Waals surface area (Å²) in [7, 11) is 0. The minimum absolute atomic E-state index is 0.393. The van der Waals surface area contributed by atoms with Gasteiger partial charge in [0.15, 0.2) is 0 Å². The van der Waals surface area contributed by atoms with E-state index in [4.69, 9.17) is 5.10 Å². The number of nitrogens with zero attached hydrogens (tertiary/aromatic N) is 7. The Hall–Kier alpha value is -4.45. The van der Waals surface area contributed by atoms with E-state index in [0.717, 1.165) is 51.3 Å². The summed E-state index contributed by atoms with van der Waals surface area (Å²) >= 11 is 0. The van der Waals surface area contributed by atoms with Gasteiger partial charge >= 0.3 is 6.09 Å². The molecule has 1 aromatic carbocycles. The SMILES string of the molecule is Cc1nn(Cc2cc3c(cn2)CCN(C(=O)O)C3)c2c1CN(c1ccc(C#N)c3ncccc13)C2. The molecule has 0 radical (unpaired) electrons. The van der Waals surface area contributed by atoms with Crippen molar-refractivity contribution in [3.8, 4) is 6.07 Å². The highest BCUT2D eigenvalue weighted by Gasteiger charge is 2.28. The summed E-state index contributed by atoms with van der Waals surface area (Å²) in [5.74, 6) is 0. The van der Waals surface area contributed by atoms with Gasteiger partial charge in [-0.25, -0.2) is 4.79 Å². The van der Waals surface area contributed by atoms with Crippen LogP contribution in [0.25, 0.3) is 10.9 Å². The number of benzene rings is 1. The van der Waals surface area contributed by atoms with Crippen LogP contribution in [0.1, 0.15) is 39.3 Å². The highest BCUT2D eigenvalue weighted by molar-refractivity contribution is 5.95. The first-order valence-electron chi connectivity index (χ1n) is 11.5. The molecular weight excluding hydrogens is 442 g/mol. The quantitative estimate of drug-likeness (QED) is 0.492. The van der Waals surface area contributed by atoms with Crippen LogP contribution < -0.4 is 4.90 Å². The normalized spacial score (nSPS) is 14.6. The fraction of sp³-hybridized carbons (Fsp3) is 0.269. The van der Waals surface area contributed by atoms with E-state index in [1.807, 2.05) is 48.1 Å². The van der Waals surface area contributed by atoms with Crippen molar-refractivity contribution in [1.82, 2.24) is 24.6 Å². The van der Waals surface area contributed by atoms with Crippen molar-refractivity contribution in [3.63, 3.8) is 0 Å². The van der Waals surface area contributed by atoms with Crippen LogP contribution in [0.5, 0.6) is 0 Å². The number of aromatic nitrogens is 4. The molecule has 174 valence electrons.